The molecule has 1 aromatic carbocycles. The van der Waals surface area contributed by atoms with Crippen molar-refractivity contribution in [2.75, 3.05) is 11.9 Å². The zero-order valence-corrected chi connectivity index (χ0v) is 20.6. The number of rotatable bonds is 6. The molecule has 2 aromatic rings. The van der Waals surface area contributed by atoms with Crippen molar-refractivity contribution in [2.45, 2.75) is 64.5 Å². The van der Waals surface area contributed by atoms with Crippen molar-refractivity contribution in [1.82, 2.24) is 19.8 Å². The van der Waals surface area contributed by atoms with Crippen LogP contribution in [0.4, 0.5) is 37.0 Å². The van der Waals surface area contributed by atoms with E-state index in [4.69, 9.17) is 4.74 Å². The van der Waals surface area contributed by atoms with E-state index in [0.717, 1.165) is 0 Å². The summed E-state index contributed by atoms with van der Waals surface area (Å²) in [4.78, 5) is 41.8. The number of imidazole rings is 1. The number of carbonyl (C=O) groups excluding carboxylic acids is 3. The summed E-state index contributed by atoms with van der Waals surface area (Å²) in [5, 5.41) is 4.09. The van der Waals surface area contributed by atoms with Gasteiger partial charge in [0, 0.05) is 37.8 Å². The third kappa shape index (κ3) is 7.61. The summed E-state index contributed by atoms with van der Waals surface area (Å²) in [5.41, 5.74) is -1.17. The normalized spacial score (nSPS) is 14.5. The van der Waals surface area contributed by atoms with Gasteiger partial charge in [-0.1, -0.05) is 0 Å². The first kappa shape index (κ1) is 28.8. The molecule has 0 fully saturated rings. The average molecular weight is 549 g/mol. The third-order valence-electron chi connectivity index (χ3n) is 5.35. The van der Waals surface area contributed by atoms with Crippen LogP contribution in [-0.2, 0) is 33.8 Å². The van der Waals surface area contributed by atoms with Gasteiger partial charge in [-0.25, -0.2) is 22.9 Å². The van der Waals surface area contributed by atoms with Gasteiger partial charge < -0.3 is 24.8 Å². The quantitative estimate of drug-likeness (QED) is 0.423. The van der Waals surface area contributed by atoms with Gasteiger partial charge in [-0.3, -0.25) is 9.59 Å². The fourth-order valence-corrected chi connectivity index (χ4v) is 3.69. The van der Waals surface area contributed by atoms with Gasteiger partial charge in [0.25, 0.3) is 0 Å². The Balaban J connectivity index is 1.73. The Kier molecular flexibility index (Phi) is 8.27. The zero-order valence-electron chi connectivity index (χ0n) is 20.6. The van der Waals surface area contributed by atoms with Crippen LogP contribution >= 0.6 is 0 Å². The number of alkyl halides is 3. The van der Waals surface area contributed by atoms with E-state index in [-0.39, 0.29) is 43.3 Å². The van der Waals surface area contributed by atoms with E-state index in [1.165, 1.54) is 15.7 Å². The second-order valence-electron chi connectivity index (χ2n) is 9.61. The van der Waals surface area contributed by atoms with Crippen molar-refractivity contribution in [3.8, 4) is 0 Å². The summed E-state index contributed by atoms with van der Waals surface area (Å²) >= 11 is 0. The van der Waals surface area contributed by atoms with E-state index in [0.29, 0.717) is 12.1 Å². The summed E-state index contributed by atoms with van der Waals surface area (Å²) in [5.74, 6) is -6.64. The molecule has 15 heteroatoms. The highest BCUT2D eigenvalue weighted by Crippen LogP contribution is 2.22. The molecule has 0 aliphatic carbocycles. The minimum absolute atomic E-state index is 0.119. The fourth-order valence-electron chi connectivity index (χ4n) is 3.69. The van der Waals surface area contributed by atoms with Crippen LogP contribution in [-0.4, -0.2) is 56.7 Å². The number of nitrogens with one attached hydrogen (secondary N) is 2. The lowest BCUT2D eigenvalue weighted by molar-refractivity contribution is -0.167. The number of benzene rings is 1. The number of nitrogens with zero attached hydrogens (tertiary/aromatic N) is 3. The summed E-state index contributed by atoms with van der Waals surface area (Å²) in [6, 6.07) is -0.0932. The maximum Gasteiger partial charge on any atom is 0.471 e. The lowest BCUT2D eigenvalue weighted by Gasteiger charge is -2.30. The standard InChI is InChI=1S/C23H25F6N5O4/c1-22(2,3)38-21(37)30-13(6-12-7-15(25)16(26)9-14(12)24)8-19(35)34-5-4-33-10-17(31-18(33)11-34)32-20(36)23(27,28)29/h7,9-10,13H,4-6,8,11H2,1-3H3,(H,30,37)(H,32,36)/t13-/m1/s1. The maximum atomic E-state index is 14.3. The average Bonchev–Trinajstić information content (AvgIpc) is 3.16. The van der Waals surface area contributed by atoms with Crippen molar-refractivity contribution in [2.24, 2.45) is 0 Å². The first-order chi connectivity index (χ1) is 17.5. The first-order valence-electron chi connectivity index (χ1n) is 11.4. The molecule has 2 heterocycles. The molecule has 38 heavy (non-hydrogen) atoms. The van der Waals surface area contributed by atoms with Crippen molar-refractivity contribution in [3.05, 3.63) is 47.2 Å². The lowest BCUT2D eigenvalue weighted by atomic mass is 10.0. The van der Waals surface area contributed by atoms with E-state index in [1.807, 2.05) is 0 Å². The van der Waals surface area contributed by atoms with E-state index >= 15 is 0 Å². The van der Waals surface area contributed by atoms with Gasteiger partial charge in [0.15, 0.2) is 17.5 Å². The van der Waals surface area contributed by atoms with E-state index < -0.39 is 59.6 Å². The summed E-state index contributed by atoms with van der Waals surface area (Å²) in [6.07, 6.45) is -5.58. The second kappa shape index (κ2) is 10.9. The number of ether oxygens (including phenoxy) is 1. The Hall–Kier alpha value is -3.78. The van der Waals surface area contributed by atoms with Gasteiger partial charge >= 0.3 is 18.2 Å². The third-order valence-corrected chi connectivity index (χ3v) is 5.35. The minimum Gasteiger partial charge on any atom is -0.444 e. The van der Waals surface area contributed by atoms with E-state index in [2.05, 4.69) is 10.3 Å². The topological polar surface area (TPSA) is 106 Å². The molecule has 3 rings (SSSR count). The molecule has 1 aliphatic rings. The monoisotopic (exact) mass is 549 g/mol. The van der Waals surface area contributed by atoms with Gasteiger partial charge in [-0.15, -0.1) is 0 Å². The molecular weight excluding hydrogens is 524 g/mol. The number of carbonyl (C=O) groups is 3. The van der Waals surface area contributed by atoms with Crippen LogP contribution in [0.25, 0.3) is 0 Å². The molecule has 3 amide bonds. The van der Waals surface area contributed by atoms with E-state index in [1.54, 1.807) is 26.1 Å². The summed E-state index contributed by atoms with van der Waals surface area (Å²) in [7, 11) is 0. The Morgan fingerprint density at radius 3 is 2.34 bits per heavy atom. The highest BCUT2D eigenvalue weighted by Gasteiger charge is 2.39. The van der Waals surface area contributed by atoms with Gasteiger partial charge in [0.05, 0.1) is 6.54 Å². The number of anilines is 1. The summed E-state index contributed by atoms with van der Waals surface area (Å²) < 4.78 is 85.5. The van der Waals surface area contributed by atoms with E-state index in [9.17, 15) is 40.7 Å². The molecule has 1 aliphatic heterocycles. The molecule has 0 unspecified atom stereocenters. The highest BCUT2D eigenvalue weighted by atomic mass is 19.4. The molecule has 1 atom stereocenters. The Morgan fingerprint density at radius 1 is 1.05 bits per heavy atom. The van der Waals surface area contributed by atoms with Crippen LogP contribution in [0.2, 0.25) is 0 Å². The van der Waals surface area contributed by atoms with Crippen LogP contribution in [0.1, 0.15) is 38.6 Å². The Morgan fingerprint density at radius 2 is 1.71 bits per heavy atom. The molecule has 208 valence electrons. The molecule has 0 radical (unpaired) electrons. The van der Waals surface area contributed by atoms with Gasteiger partial charge in [0.1, 0.15) is 17.2 Å². The first-order valence-corrected chi connectivity index (χ1v) is 11.4. The molecule has 0 bridgehead atoms. The van der Waals surface area contributed by atoms with Crippen molar-refractivity contribution < 1.29 is 45.5 Å². The van der Waals surface area contributed by atoms with Crippen LogP contribution < -0.4 is 10.6 Å². The van der Waals surface area contributed by atoms with Crippen LogP contribution in [0.15, 0.2) is 18.3 Å². The number of halogens is 6. The lowest BCUT2D eigenvalue weighted by Crippen LogP contribution is -2.45. The summed E-state index contributed by atoms with van der Waals surface area (Å²) in [6.45, 7) is 4.94. The number of amides is 3. The fraction of sp³-hybridized carbons (Fsp3) is 0.478. The molecule has 1 aromatic heterocycles. The Bertz CT molecular complexity index is 1220. The number of aromatic nitrogens is 2. The molecular formula is C23H25F6N5O4. The minimum atomic E-state index is -5.10. The highest BCUT2D eigenvalue weighted by molar-refractivity contribution is 5.94. The molecule has 0 spiro atoms. The Labute approximate surface area is 213 Å². The van der Waals surface area contributed by atoms with Gasteiger partial charge in [-0.05, 0) is 38.8 Å². The second-order valence-corrected chi connectivity index (χ2v) is 9.61. The molecule has 2 N–H and O–H groups in total. The predicted molar refractivity (Wildman–Crippen MR) is 120 cm³/mol. The maximum absolute atomic E-state index is 14.3. The van der Waals surface area contributed by atoms with Gasteiger partial charge in [-0.2, -0.15) is 13.2 Å². The number of hydrogen-bond donors (Lipinski definition) is 2. The number of alkyl carbamates (subject to hydrolysis) is 1. The molecule has 0 saturated heterocycles. The largest absolute Gasteiger partial charge is 0.471 e. The zero-order chi connectivity index (χ0) is 28.4. The molecule has 0 saturated carbocycles. The molecule has 9 nitrogen and oxygen atoms in total. The SMILES string of the molecule is CC(C)(C)OC(=O)N[C@@H](CC(=O)N1CCn2cc(NC(=O)C(F)(F)F)nc2C1)Cc1cc(F)c(F)cc1F. The van der Waals surface area contributed by atoms with Crippen molar-refractivity contribution in [1.29, 1.82) is 0 Å². The number of hydrogen-bond acceptors (Lipinski definition) is 5. The predicted octanol–water partition coefficient (Wildman–Crippen LogP) is 3.67. The van der Waals surface area contributed by atoms with Crippen LogP contribution in [0.5, 0.6) is 0 Å². The number of fused-ring (bicyclic) bond motifs is 1. The van der Waals surface area contributed by atoms with Gasteiger partial charge in [0.2, 0.25) is 5.91 Å². The smallest absolute Gasteiger partial charge is 0.444 e. The van der Waals surface area contributed by atoms with Crippen molar-refractivity contribution >= 4 is 23.7 Å². The van der Waals surface area contributed by atoms with Crippen LogP contribution in [0, 0.1) is 17.5 Å². The van der Waals surface area contributed by atoms with Crippen molar-refractivity contribution in [3.63, 3.8) is 0 Å². The van der Waals surface area contributed by atoms with Crippen LogP contribution in [0.3, 0.4) is 0 Å².